The van der Waals surface area contributed by atoms with Gasteiger partial charge in [-0.3, -0.25) is 4.79 Å². The van der Waals surface area contributed by atoms with Gasteiger partial charge < -0.3 is 15.0 Å². The van der Waals surface area contributed by atoms with E-state index >= 15 is 0 Å². The standard InChI is InChI=1S/C27H28N4O2S/c1-31(2)21-12-10-19(11-13-21)23-15-25(20-7-4-3-5-8-20)30-27(24(23)16-28)34-18-26(32)29-17-22-9-6-14-33-22/h3-5,7-8,10-13,15,22H,6,9,14,17-18H2,1-2H3,(H,29,32)/t22-/m1/s1. The molecule has 1 N–H and O–H groups in total. The zero-order chi connectivity index (χ0) is 23.9. The number of amides is 1. The minimum Gasteiger partial charge on any atom is -0.378 e. The number of nitriles is 1. The van der Waals surface area contributed by atoms with Crippen molar-refractivity contribution >= 4 is 23.4 Å². The van der Waals surface area contributed by atoms with Crippen molar-refractivity contribution < 1.29 is 9.53 Å². The molecule has 0 radical (unpaired) electrons. The first-order valence-electron chi connectivity index (χ1n) is 11.3. The Morgan fingerprint density at radius 1 is 1.18 bits per heavy atom. The molecule has 1 saturated heterocycles. The number of carbonyl (C=O) groups is 1. The second-order valence-corrected chi connectivity index (χ2v) is 9.35. The molecule has 174 valence electrons. The van der Waals surface area contributed by atoms with Crippen molar-refractivity contribution in [2.75, 3.05) is 37.9 Å². The molecule has 3 aromatic rings. The highest BCUT2D eigenvalue weighted by Crippen LogP contribution is 2.34. The maximum absolute atomic E-state index is 12.5. The number of nitrogens with zero attached hydrogens (tertiary/aromatic N) is 3. The first kappa shape index (κ1) is 23.8. The van der Waals surface area contributed by atoms with Crippen molar-refractivity contribution in [3.63, 3.8) is 0 Å². The number of hydrogen-bond donors (Lipinski definition) is 1. The molecule has 0 bridgehead atoms. The van der Waals surface area contributed by atoms with E-state index in [2.05, 4.69) is 11.4 Å². The van der Waals surface area contributed by atoms with Crippen molar-refractivity contribution in [3.8, 4) is 28.5 Å². The molecule has 4 rings (SSSR count). The Morgan fingerprint density at radius 3 is 2.59 bits per heavy atom. The number of ether oxygens (including phenoxy) is 1. The number of carbonyl (C=O) groups excluding carboxylic acids is 1. The van der Waals surface area contributed by atoms with Gasteiger partial charge in [0.2, 0.25) is 5.91 Å². The van der Waals surface area contributed by atoms with Gasteiger partial charge >= 0.3 is 0 Å². The van der Waals surface area contributed by atoms with Gasteiger partial charge in [0.25, 0.3) is 0 Å². The minimum absolute atomic E-state index is 0.0896. The topological polar surface area (TPSA) is 78.2 Å². The number of pyridine rings is 1. The molecule has 0 unspecified atom stereocenters. The summed E-state index contributed by atoms with van der Waals surface area (Å²) in [4.78, 5) is 19.3. The lowest BCUT2D eigenvalue weighted by atomic mass is 9.99. The molecule has 2 aromatic carbocycles. The van der Waals surface area contributed by atoms with Crippen molar-refractivity contribution in [1.29, 1.82) is 5.26 Å². The number of rotatable bonds is 8. The van der Waals surface area contributed by atoms with E-state index in [4.69, 9.17) is 9.72 Å². The molecule has 6 nitrogen and oxygen atoms in total. The number of nitrogens with one attached hydrogen (secondary N) is 1. The average Bonchev–Trinajstić information content (AvgIpc) is 3.40. The number of aromatic nitrogens is 1. The van der Waals surface area contributed by atoms with Crippen LogP contribution >= 0.6 is 11.8 Å². The predicted molar refractivity (Wildman–Crippen MR) is 137 cm³/mol. The summed E-state index contributed by atoms with van der Waals surface area (Å²) in [5.41, 5.74) is 5.04. The largest absolute Gasteiger partial charge is 0.378 e. The molecule has 34 heavy (non-hydrogen) atoms. The van der Waals surface area contributed by atoms with Gasteiger partial charge in [0.1, 0.15) is 11.1 Å². The Bertz CT molecular complexity index is 1170. The van der Waals surface area contributed by atoms with Crippen LogP contribution in [0.25, 0.3) is 22.4 Å². The Kier molecular flexibility index (Phi) is 7.84. The molecule has 1 atom stereocenters. The Morgan fingerprint density at radius 2 is 1.94 bits per heavy atom. The molecule has 0 aliphatic carbocycles. The van der Waals surface area contributed by atoms with Crippen LogP contribution in [0.5, 0.6) is 0 Å². The normalized spacial score (nSPS) is 15.0. The van der Waals surface area contributed by atoms with Crippen LogP contribution in [0.1, 0.15) is 18.4 Å². The van der Waals surface area contributed by atoms with E-state index in [1.807, 2.05) is 79.7 Å². The summed E-state index contributed by atoms with van der Waals surface area (Å²) in [5.74, 6) is 0.0965. The van der Waals surface area contributed by atoms with Crippen LogP contribution < -0.4 is 10.2 Å². The van der Waals surface area contributed by atoms with Crippen molar-refractivity contribution in [2.24, 2.45) is 0 Å². The maximum atomic E-state index is 12.5. The number of thioether (sulfide) groups is 1. The van der Waals surface area contributed by atoms with Crippen LogP contribution in [-0.2, 0) is 9.53 Å². The van der Waals surface area contributed by atoms with E-state index in [9.17, 15) is 10.1 Å². The third-order valence-corrected chi connectivity index (χ3v) is 6.73. The molecular weight excluding hydrogens is 444 g/mol. The van der Waals surface area contributed by atoms with Crippen LogP contribution in [0.15, 0.2) is 65.7 Å². The fourth-order valence-electron chi connectivity index (χ4n) is 3.88. The number of anilines is 1. The predicted octanol–water partition coefficient (Wildman–Crippen LogP) is 4.74. The quantitative estimate of drug-likeness (QED) is 0.477. The van der Waals surface area contributed by atoms with Gasteiger partial charge in [0.05, 0.1) is 23.1 Å². The third kappa shape index (κ3) is 5.77. The summed E-state index contributed by atoms with van der Waals surface area (Å²) >= 11 is 1.29. The summed E-state index contributed by atoms with van der Waals surface area (Å²) in [6.45, 7) is 1.28. The Balaban J connectivity index is 1.63. The maximum Gasteiger partial charge on any atom is 0.230 e. The molecule has 1 aliphatic heterocycles. The molecule has 0 spiro atoms. The fourth-order valence-corrected chi connectivity index (χ4v) is 4.71. The summed E-state index contributed by atoms with van der Waals surface area (Å²) < 4.78 is 5.58. The molecule has 1 aromatic heterocycles. The summed E-state index contributed by atoms with van der Waals surface area (Å²) in [6, 6.07) is 22.3. The molecule has 1 fully saturated rings. The lowest BCUT2D eigenvalue weighted by Gasteiger charge is -2.15. The van der Waals surface area contributed by atoms with Crippen LogP contribution in [-0.4, -0.2) is 50.0 Å². The smallest absolute Gasteiger partial charge is 0.230 e. The second kappa shape index (κ2) is 11.2. The van der Waals surface area contributed by atoms with Crippen LogP contribution in [0.3, 0.4) is 0 Å². The molecular formula is C27H28N4O2S. The van der Waals surface area contributed by atoms with Gasteiger partial charge in [-0.25, -0.2) is 4.98 Å². The van der Waals surface area contributed by atoms with E-state index < -0.39 is 0 Å². The minimum atomic E-state index is -0.0896. The Labute approximate surface area is 205 Å². The molecule has 0 saturated carbocycles. The van der Waals surface area contributed by atoms with Crippen LogP contribution in [0, 0.1) is 11.3 Å². The molecule has 7 heteroatoms. The average molecular weight is 473 g/mol. The van der Waals surface area contributed by atoms with E-state index in [1.54, 1.807) is 0 Å². The number of benzene rings is 2. The first-order valence-corrected chi connectivity index (χ1v) is 12.3. The number of hydrogen-bond acceptors (Lipinski definition) is 6. The van der Waals surface area contributed by atoms with Crippen molar-refractivity contribution in [2.45, 2.75) is 24.0 Å². The van der Waals surface area contributed by atoms with E-state index in [0.29, 0.717) is 17.1 Å². The van der Waals surface area contributed by atoms with Gasteiger partial charge in [-0.05, 0) is 36.6 Å². The van der Waals surface area contributed by atoms with Crippen LogP contribution in [0.4, 0.5) is 5.69 Å². The molecule has 2 heterocycles. The van der Waals surface area contributed by atoms with Gasteiger partial charge in [-0.15, -0.1) is 0 Å². The molecule has 1 amide bonds. The van der Waals surface area contributed by atoms with Crippen molar-refractivity contribution in [3.05, 3.63) is 66.2 Å². The van der Waals surface area contributed by atoms with Gasteiger partial charge in [0, 0.05) is 44.1 Å². The lowest BCUT2D eigenvalue weighted by molar-refractivity contribution is -0.119. The fraction of sp³-hybridized carbons (Fsp3) is 0.296. The lowest BCUT2D eigenvalue weighted by Crippen LogP contribution is -2.32. The first-order chi connectivity index (χ1) is 16.5. The van der Waals surface area contributed by atoms with Gasteiger partial charge in [-0.1, -0.05) is 54.2 Å². The highest BCUT2D eigenvalue weighted by molar-refractivity contribution is 8.00. The summed E-state index contributed by atoms with van der Waals surface area (Å²) in [5, 5.41) is 13.5. The van der Waals surface area contributed by atoms with E-state index in [-0.39, 0.29) is 17.8 Å². The van der Waals surface area contributed by atoms with E-state index in [1.165, 1.54) is 11.8 Å². The van der Waals surface area contributed by atoms with E-state index in [0.717, 1.165) is 47.5 Å². The highest BCUT2D eigenvalue weighted by atomic mass is 32.2. The highest BCUT2D eigenvalue weighted by Gasteiger charge is 2.19. The van der Waals surface area contributed by atoms with Crippen molar-refractivity contribution in [1.82, 2.24) is 10.3 Å². The Hall–Kier alpha value is -3.34. The monoisotopic (exact) mass is 472 g/mol. The van der Waals surface area contributed by atoms with Crippen LogP contribution in [0.2, 0.25) is 0 Å². The van der Waals surface area contributed by atoms with Gasteiger partial charge in [-0.2, -0.15) is 5.26 Å². The van der Waals surface area contributed by atoms with Gasteiger partial charge in [0.15, 0.2) is 0 Å². The summed E-state index contributed by atoms with van der Waals surface area (Å²) in [7, 11) is 3.99. The molecule has 1 aliphatic rings. The summed E-state index contributed by atoms with van der Waals surface area (Å²) in [6.07, 6.45) is 2.11. The zero-order valence-electron chi connectivity index (χ0n) is 19.5. The SMILES string of the molecule is CN(C)c1ccc(-c2cc(-c3ccccc3)nc(SCC(=O)NC[C@H]3CCCO3)c2C#N)cc1. The second-order valence-electron chi connectivity index (χ2n) is 8.38. The zero-order valence-corrected chi connectivity index (χ0v) is 20.3. The third-order valence-electron chi connectivity index (χ3n) is 5.75.